The maximum absolute atomic E-state index is 13.5. The molecule has 6 nitrogen and oxygen atoms in total. The van der Waals surface area contributed by atoms with Crippen LogP contribution < -0.4 is 10.6 Å². The predicted octanol–water partition coefficient (Wildman–Crippen LogP) is 3.42. The number of hydrogen-bond donors (Lipinski definition) is 2. The lowest BCUT2D eigenvalue weighted by molar-refractivity contribution is -0.119. The molecule has 1 aliphatic rings. The molecule has 0 bridgehead atoms. The highest BCUT2D eigenvalue weighted by atomic mass is 16.1. The number of anilines is 1. The Morgan fingerprint density at radius 1 is 1.17 bits per heavy atom. The summed E-state index contributed by atoms with van der Waals surface area (Å²) >= 11 is 0. The number of hydrogen-bond acceptors (Lipinski definition) is 5. The molecule has 0 saturated heterocycles. The zero-order chi connectivity index (χ0) is 21.1. The Labute approximate surface area is 174 Å². The second-order valence-electron chi connectivity index (χ2n) is 7.24. The minimum Gasteiger partial charge on any atom is -0.367 e. The fourth-order valence-corrected chi connectivity index (χ4v) is 3.61. The van der Waals surface area contributed by atoms with Crippen molar-refractivity contribution in [3.63, 3.8) is 0 Å². The summed E-state index contributed by atoms with van der Waals surface area (Å²) < 4.78 is 0. The zero-order valence-electron chi connectivity index (χ0n) is 16.5. The largest absolute Gasteiger partial charge is 0.367 e. The number of aromatic amines is 1. The number of carbonyl (C=O) groups is 2. The molecule has 150 valence electrons. The van der Waals surface area contributed by atoms with Crippen LogP contribution in [0.1, 0.15) is 24.1 Å². The van der Waals surface area contributed by atoms with Crippen molar-refractivity contribution in [3.05, 3.63) is 102 Å². The van der Waals surface area contributed by atoms with E-state index in [4.69, 9.17) is 5.73 Å². The quantitative estimate of drug-likeness (QED) is 0.621. The van der Waals surface area contributed by atoms with E-state index in [1.54, 1.807) is 35.8 Å². The number of para-hydroxylation sites is 1. The molecule has 4 rings (SSSR count). The first-order valence-electron chi connectivity index (χ1n) is 9.66. The Hall–Kier alpha value is -3.77. The summed E-state index contributed by atoms with van der Waals surface area (Å²) in [6.45, 7) is 1.81. The molecule has 0 saturated carbocycles. The lowest BCUT2D eigenvalue weighted by atomic mass is 9.83. The molecule has 0 amide bonds. The number of rotatable bonds is 6. The van der Waals surface area contributed by atoms with E-state index in [1.807, 2.05) is 61.5 Å². The molecule has 2 aromatic heterocycles. The number of aromatic nitrogens is 2. The number of ketones is 1. The molecular formula is C24H22N4O2. The number of nitrogens with one attached hydrogen (secondary N) is 1. The number of nitrogens with two attached hydrogens (primary N) is 1. The molecule has 0 radical (unpaired) electrons. The van der Waals surface area contributed by atoms with Crippen LogP contribution in [0.25, 0.3) is 5.57 Å². The van der Waals surface area contributed by atoms with Crippen LogP contribution in [-0.2, 0) is 9.59 Å². The van der Waals surface area contributed by atoms with Crippen molar-refractivity contribution in [1.29, 1.82) is 0 Å². The smallest absolute Gasteiger partial charge is 0.179 e. The van der Waals surface area contributed by atoms with E-state index < -0.39 is 11.6 Å². The predicted molar refractivity (Wildman–Crippen MR) is 116 cm³/mol. The highest BCUT2D eigenvalue weighted by molar-refractivity contribution is 6.09. The summed E-state index contributed by atoms with van der Waals surface area (Å²) in [6.07, 6.45) is 9.30. The fourth-order valence-electron chi connectivity index (χ4n) is 3.61. The van der Waals surface area contributed by atoms with Gasteiger partial charge in [-0.05, 0) is 42.0 Å². The minimum absolute atomic E-state index is 0.216. The Morgan fingerprint density at radius 3 is 2.57 bits per heavy atom. The first-order valence-corrected chi connectivity index (χ1v) is 9.66. The SMILES string of the molecule is CC(C(=O)C1=CC(c2ccccn2)=CN(c2ccccc2)C1(N)C=O)c1cc[nH]c1. The van der Waals surface area contributed by atoms with Crippen molar-refractivity contribution in [2.45, 2.75) is 18.5 Å². The first kappa shape index (κ1) is 19.5. The number of pyridine rings is 1. The highest BCUT2D eigenvalue weighted by Crippen LogP contribution is 2.36. The molecular weight excluding hydrogens is 376 g/mol. The molecule has 1 aromatic carbocycles. The van der Waals surface area contributed by atoms with Gasteiger partial charge in [-0.3, -0.25) is 20.3 Å². The van der Waals surface area contributed by atoms with E-state index >= 15 is 0 Å². The average Bonchev–Trinajstić information content (AvgIpc) is 3.34. The van der Waals surface area contributed by atoms with E-state index in [9.17, 15) is 9.59 Å². The number of allylic oxidation sites excluding steroid dienone is 2. The van der Waals surface area contributed by atoms with Gasteiger partial charge >= 0.3 is 0 Å². The second kappa shape index (κ2) is 7.93. The Kier molecular flexibility index (Phi) is 5.16. The lowest BCUT2D eigenvalue weighted by Crippen LogP contribution is -2.60. The topological polar surface area (TPSA) is 92.1 Å². The molecule has 2 atom stereocenters. The van der Waals surface area contributed by atoms with Crippen LogP contribution in [0.3, 0.4) is 0 Å². The third kappa shape index (κ3) is 3.38. The molecule has 3 N–H and O–H groups in total. The van der Waals surface area contributed by atoms with E-state index in [2.05, 4.69) is 9.97 Å². The Morgan fingerprint density at radius 2 is 1.93 bits per heavy atom. The number of nitrogens with zero attached hydrogens (tertiary/aromatic N) is 2. The summed E-state index contributed by atoms with van der Waals surface area (Å²) in [5.74, 6) is -0.683. The van der Waals surface area contributed by atoms with Crippen LogP contribution in [-0.4, -0.2) is 27.7 Å². The number of Topliss-reactive ketones (excluding diaryl/α,β-unsaturated/α-hetero) is 1. The van der Waals surface area contributed by atoms with Crippen molar-refractivity contribution in [2.75, 3.05) is 4.90 Å². The third-order valence-corrected chi connectivity index (χ3v) is 5.35. The van der Waals surface area contributed by atoms with Gasteiger partial charge in [-0.2, -0.15) is 0 Å². The average molecular weight is 398 g/mol. The van der Waals surface area contributed by atoms with E-state index in [0.29, 0.717) is 23.2 Å². The van der Waals surface area contributed by atoms with Crippen LogP contribution in [0.2, 0.25) is 0 Å². The van der Waals surface area contributed by atoms with Gasteiger partial charge in [0.1, 0.15) is 0 Å². The molecule has 0 fully saturated rings. The summed E-state index contributed by atoms with van der Waals surface area (Å²) in [4.78, 5) is 34.9. The third-order valence-electron chi connectivity index (χ3n) is 5.35. The van der Waals surface area contributed by atoms with Crippen molar-refractivity contribution in [2.24, 2.45) is 5.73 Å². The zero-order valence-corrected chi connectivity index (χ0v) is 16.5. The number of aldehydes is 1. The van der Waals surface area contributed by atoms with Crippen LogP contribution in [0.5, 0.6) is 0 Å². The van der Waals surface area contributed by atoms with Gasteiger partial charge < -0.3 is 9.88 Å². The highest BCUT2D eigenvalue weighted by Gasteiger charge is 2.43. The van der Waals surface area contributed by atoms with Gasteiger partial charge in [-0.25, -0.2) is 0 Å². The molecule has 0 spiro atoms. The van der Waals surface area contributed by atoms with Crippen molar-refractivity contribution < 1.29 is 9.59 Å². The van der Waals surface area contributed by atoms with E-state index in [1.165, 1.54) is 0 Å². The van der Waals surface area contributed by atoms with Gasteiger partial charge in [-0.15, -0.1) is 0 Å². The van der Waals surface area contributed by atoms with Crippen LogP contribution in [0, 0.1) is 0 Å². The van der Waals surface area contributed by atoms with Crippen LogP contribution >= 0.6 is 0 Å². The maximum atomic E-state index is 13.5. The van der Waals surface area contributed by atoms with E-state index in [-0.39, 0.29) is 11.4 Å². The Bertz CT molecular complexity index is 1100. The van der Waals surface area contributed by atoms with Gasteiger partial charge in [0, 0.05) is 47.5 Å². The maximum Gasteiger partial charge on any atom is 0.179 e. The molecule has 3 heterocycles. The molecule has 1 aliphatic heterocycles. The van der Waals surface area contributed by atoms with Crippen molar-refractivity contribution >= 4 is 23.3 Å². The van der Waals surface area contributed by atoms with Crippen molar-refractivity contribution in [1.82, 2.24) is 9.97 Å². The number of carbonyl (C=O) groups excluding carboxylic acids is 2. The molecule has 30 heavy (non-hydrogen) atoms. The van der Waals surface area contributed by atoms with Gasteiger partial charge in [0.25, 0.3) is 0 Å². The molecule has 6 heteroatoms. The van der Waals surface area contributed by atoms with Gasteiger partial charge in [0.15, 0.2) is 17.7 Å². The molecule has 2 unspecified atom stereocenters. The summed E-state index contributed by atoms with van der Waals surface area (Å²) in [6, 6.07) is 16.7. The first-order chi connectivity index (χ1) is 14.5. The van der Waals surface area contributed by atoms with Gasteiger partial charge in [0.2, 0.25) is 0 Å². The fraction of sp³-hybridized carbons (Fsp3) is 0.125. The Balaban J connectivity index is 1.87. The van der Waals surface area contributed by atoms with E-state index in [0.717, 1.165) is 5.56 Å². The summed E-state index contributed by atoms with van der Waals surface area (Å²) in [7, 11) is 0. The van der Waals surface area contributed by atoms with Gasteiger partial charge in [0.05, 0.1) is 5.69 Å². The number of benzene rings is 1. The van der Waals surface area contributed by atoms with Crippen molar-refractivity contribution in [3.8, 4) is 0 Å². The minimum atomic E-state index is -1.64. The molecule has 3 aromatic rings. The number of H-pyrrole nitrogens is 1. The molecule has 0 aliphatic carbocycles. The van der Waals surface area contributed by atoms with Crippen LogP contribution in [0.15, 0.2) is 91.0 Å². The normalized spacial score (nSPS) is 19.6. The standard InChI is InChI=1S/C24H22N4O2/c1-17(18-10-12-26-14-18)23(30)21-13-19(22-9-5-6-11-27-22)15-28(24(21,25)16-29)20-7-3-2-4-8-20/h2-17,26H,25H2,1H3. The lowest BCUT2D eigenvalue weighted by Gasteiger charge is -2.41. The summed E-state index contributed by atoms with van der Waals surface area (Å²) in [5.41, 5.74) is 8.11. The second-order valence-corrected chi connectivity index (χ2v) is 7.24. The van der Waals surface area contributed by atoms with Gasteiger partial charge in [-0.1, -0.05) is 31.2 Å². The monoisotopic (exact) mass is 398 g/mol. The van der Waals surface area contributed by atoms with Crippen LogP contribution in [0.4, 0.5) is 5.69 Å². The summed E-state index contributed by atoms with van der Waals surface area (Å²) in [5, 5.41) is 0.